The summed E-state index contributed by atoms with van der Waals surface area (Å²) >= 11 is 0. The zero-order valence-corrected chi connectivity index (χ0v) is 21.3. The summed E-state index contributed by atoms with van der Waals surface area (Å²) in [4.78, 5) is 12.8. The Bertz CT molecular complexity index is 1340. The third-order valence-electron chi connectivity index (χ3n) is 8.47. The van der Waals surface area contributed by atoms with Gasteiger partial charge in [-0.25, -0.2) is 0 Å². The predicted molar refractivity (Wildman–Crippen MR) is 147 cm³/mol. The second-order valence-electron chi connectivity index (χ2n) is 11.0. The number of pyridine rings is 1. The van der Waals surface area contributed by atoms with Crippen molar-refractivity contribution in [2.45, 2.75) is 70.8 Å². The highest BCUT2D eigenvalue weighted by molar-refractivity contribution is 5.80. The van der Waals surface area contributed by atoms with Crippen LogP contribution < -0.4 is 5.56 Å². The third kappa shape index (κ3) is 4.98. The highest BCUT2D eigenvalue weighted by Gasteiger charge is 2.31. The summed E-state index contributed by atoms with van der Waals surface area (Å²) in [6.45, 7) is 7.78. The van der Waals surface area contributed by atoms with Gasteiger partial charge in [-0.1, -0.05) is 87.5 Å². The standard InChI is InChI=1S/C33H37NO/c1-24-17-20-33(3,21-18-24)30-14-11-27(12-15-30)25(2)29-10-9-28-13-16-32(35)34(31(28)23-29)22-19-26-7-5-4-6-8-26/h4-16,23-25H,17-22H2,1-3H3. The molecule has 2 nitrogen and oxygen atoms in total. The molecule has 0 N–H and O–H groups in total. The molecular formula is C33H37NO. The summed E-state index contributed by atoms with van der Waals surface area (Å²) < 4.78 is 1.94. The van der Waals surface area contributed by atoms with Crippen LogP contribution in [-0.4, -0.2) is 4.57 Å². The largest absolute Gasteiger partial charge is 0.308 e. The van der Waals surface area contributed by atoms with Crippen LogP contribution in [0.3, 0.4) is 0 Å². The second-order valence-corrected chi connectivity index (χ2v) is 11.0. The van der Waals surface area contributed by atoms with Crippen molar-refractivity contribution in [3.05, 3.63) is 118 Å². The van der Waals surface area contributed by atoms with Crippen molar-refractivity contribution in [3.8, 4) is 0 Å². The Morgan fingerprint density at radius 1 is 0.886 bits per heavy atom. The Morgan fingerprint density at radius 2 is 1.54 bits per heavy atom. The van der Waals surface area contributed by atoms with Gasteiger partial charge in [0.1, 0.15) is 0 Å². The predicted octanol–water partition coefficient (Wildman–Crippen LogP) is 7.86. The molecule has 35 heavy (non-hydrogen) atoms. The zero-order valence-electron chi connectivity index (χ0n) is 21.3. The van der Waals surface area contributed by atoms with Crippen molar-refractivity contribution in [2.24, 2.45) is 5.92 Å². The fourth-order valence-electron chi connectivity index (χ4n) is 5.75. The summed E-state index contributed by atoms with van der Waals surface area (Å²) in [6, 6.07) is 30.0. The van der Waals surface area contributed by atoms with Gasteiger partial charge >= 0.3 is 0 Å². The van der Waals surface area contributed by atoms with E-state index in [1.807, 2.05) is 16.7 Å². The van der Waals surface area contributed by atoms with Crippen molar-refractivity contribution in [1.29, 1.82) is 0 Å². The Labute approximate surface area is 209 Å². The number of aryl methyl sites for hydroxylation is 2. The van der Waals surface area contributed by atoms with Crippen molar-refractivity contribution in [2.75, 3.05) is 0 Å². The normalized spacial score (nSPS) is 21.2. The topological polar surface area (TPSA) is 22.0 Å². The first-order valence-electron chi connectivity index (χ1n) is 13.2. The van der Waals surface area contributed by atoms with Gasteiger partial charge in [0.15, 0.2) is 0 Å². The highest BCUT2D eigenvalue weighted by atomic mass is 16.1. The van der Waals surface area contributed by atoms with Crippen LogP contribution in [0.25, 0.3) is 10.9 Å². The monoisotopic (exact) mass is 463 g/mol. The Hall–Kier alpha value is -3.13. The van der Waals surface area contributed by atoms with Gasteiger partial charge in [-0.15, -0.1) is 0 Å². The lowest BCUT2D eigenvalue weighted by atomic mass is 9.68. The van der Waals surface area contributed by atoms with Gasteiger partial charge in [0, 0.05) is 18.5 Å². The van der Waals surface area contributed by atoms with Crippen LogP contribution in [-0.2, 0) is 18.4 Å². The van der Waals surface area contributed by atoms with E-state index in [0.717, 1.165) is 23.2 Å². The zero-order chi connectivity index (χ0) is 24.4. The minimum Gasteiger partial charge on any atom is -0.308 e. The van der Waals surface area contributed by atoms with Crippen molar-refractivity contribution in [1.82, 2.24) is 4.57 Å². The fraction of sp³-hybridized carbons (Fsp3) is 0.364. The van der Waals surface area contributed by atoms with E-state index in [1.165, 1.54) is 47.9 Å². The van der Waals surface area contributed by atoms with E-state index in [2.05, 4.69) is 87.5 Å². The first kappa shape index (κ1) is 23.6. The van der Waals surface area contributed by atoms with Crippen LogP contribution in [0.5, 0.6) is 0 Å². The Morgan fingerprint density at radius 3 is 2.26 bits per heavy atom. The van der Waals surface area contributed by atoms with E-state index >= 15 is 0 Å². The maximum Gasteiger partial charge on any atom is 0.251 e. The van der Waals surface area contributed by atoms with Crippen molar-refractivity contribution < 1.29 is 0 Å². The SMILES string of the molecule is CC1CCC(C)(c2ccc(C(C)c3ccc4ccc(=O)n(CCc5ccccc5)c4c3)cc2)CC1. The molecule has 0 amide bonds. The minimum absolute atomic E-state index is 0.0673. The fourth-order valence-corrected chi connectivity index (χ4v) is 5.75. The minimum atomic E-state index is 0.0673. The van der Waals surface area contributed by atoms with Gasteiger partial charge < -0.3 is 4.57 Å². The molecule has 180 valence electrons. The van der Waals surface area contributed by atoms with Crippen LogP contribution in [0.2, 0.25) is 0 Å². The average molecular weight is 464 g/mol. The van der Waals surface area contributed by atoms with E-state index in [9.17, 15) is 4.79 Å². The first-order chi connectivity index (χ1) is 16.9. The van der Waals surface area contributed by atoms with Crippen molar-refractivity contribution >= 4 is 10.9 Å². The third-order valence-corrected chi connectivity index (χ3v) is 8.47. The van der Waals surface area contributed by atoms with Crippen LogP contribution in [0.4, 0.5) is 0 Å². The molecule has 1 fully saturated rings. The van der Waals surface area contributed by atoms with Gasteiger partial charge in [-0.3, -0.25) is 4.79 Å². The van der Waals surface area contributed by atoms with Gasteiger partial charge in [0.05, 0.1) is 5.52 Å². The molecule has 0 spiro atoms. The molecule has 1 unspecified atom stereocenters. The number of rotatable bonds is 6. The molecule has 1 aliphatic rings. The Balaban J connectivity index is 1.41. The van der Waals surface area contributed by atoms with E-state index in [0.29, 0.717) is 12.0 Å². The Kier molecular flexibility index (Phi) is 6.65. The average Bonchev–Trinajstić information content (AvgIpc) is 2.90. The lowest BCUT2D eigenvalue weighted by molar-refractivity contribution is 0.261. The second kappa shape index (κ2) is 9.85. The molecule has 2 heteroatoms. The number of aromatic nitrogens is 1. The van der Waals surface area contributed by atoms with Gasteiger partial charge in [0.2, 0.25) is 0 Å². The summed E-state index contributed by atoms with van der Waals surface area (Å²) in [5.41, 5.74) is 6.72. The van der Waals surface area contributed by atoms with Crippen molar-refractivity contribution in [3.63, 3.8) is 0 Å². The number of hydrogen-bond donors (Lipinski definition) is 0. The molecule has 0 aliphatic heterocycles. The molecule has 1 atom stereocenters. The molecule has 0 bridgehead atoms. The van der Waals surface area contributed by atoms with E-state index in [1.54, 1.807) is 6.07 Å². The molecule has 1 aromatic heterocycles. The van der Waals surface area contributed by atoms with E-state index in [4.69, 9.17) is 0 Å². The number of nitrogens with zero attached hydrogens (tertiary/aromatic N) is 1. The van der Waals surface area contributed by atoms with Crippen LogP contribution in [0, 0.1) is 5.92 Å². The molecule has 3 aromatic carbocycles. The maximum atomic E-state index is 12.8. The summed E-state index contributed by atoms with van der Waals surface area (Å²) in [7, 11) is 0. The quantitative estimate of drug-likeness (QED) is 0.285. The summed E-state index contributed by atoms with van der Waals surface area (Å²) in [5, 5.41) is 1.11. The highest BCUT2D eigenvalue weighted by Crippen LogP contribution is 2.41. The molecule has 0 saturated heterocycles. The molecule has 5 rings (SSSR count). The molecule has 4 aromatic rings. The number of hydrogen-bond acceptors (Lipinski definition) is 1. The van der Waals surface area contributed by atoms with Crippen LogP contribution in [0.15, 0.2) is 89.7 Å². The molecule has 0 radical (unpaired) electrons. The van der Waals surface area contributed by atoms with Gasteiger partial charge in [-0.05, 0) is 83.2 Å². The van der Waals surface area contributed by atoms with Gasteiger partial charge in [-0.2, -0.15) is 0 Å². The van der Waals surface area contributed by atoms with Crippen LogP contribution >= 0.6 is 0 Å². The molecule has 1 saturated carbocycles. The van der Waals surface area contributed by atoms with Crippen LogP contribution in [0.1, 0.15) is 74.6 Å². The number of benzene rings is 3. The van der Waals surface area contributed by atoms with Gasteiger partial charge in [0.25, 0.3) is 5.56 Å². The summed E-state index contributed by atoms with van der Waals surface area (Å²) in [6.07, 6.45) is 6.08. The molecular weight excluding hydrogens is 426 g/mol. The maximum absolute atomic E-state index is 12.8. The summed E-state index contributed by atoms with van der Waals surface area (Å²) in [5.74, 6) is 1.13. The first-order valence-corrected chi connectivity index (χ1v) is 13.2. The smallest absolute Gasteiger partial charge is 0.251 e. The lowest BCUT2D eigenvalue weighted by Crippen LogP contribution is -2.27. The molecule has 1 heterocycles. The number of fused-ring (bicyclic) bond motifs is 1. The van der Waals surface area contributed by atoms with E-state index in [-0.39, 0.29) is 11.5 Å². The van der Waals surface area contributed by atoms with E-state index < -0.39 is 0 Å². The lowest BCUT2D eigenvalue weighted by Gasteiger charge is -2.37. The molecule has 1 aliphatic carbocycles.